The Morgan fingerprint density at radius 3 is 2.22 bits per heavy atom. The van der Waals surface area contributed by atoms with Crippen LogP contribution in [-0.2, 0) is 9.59 Å². The molecule has 0 spiro atoms. The van der Waals surface area contributed by atoms with Crippen LogP contribution in [0.2, 0.25) is 0 Å². The van der Waals surface area contributed by atoms with E-state index in [9.17, 15) is 14.9 Å². The minimum Gasteiger partial charge on any atom is -0.354 e. The van der Waals surface area contributed by atoms with Crippen molar-refractivity contribution in [2.45, 2.75) is 32.2 Å². The zero-order valence-corrected chi connectivity index (χ0v) is 15.8. The van der Waals surface area contributed by atoms with E-state index in [1.165, 1.54) is 12.8 Å². The van der Waals surface area contributed by atoms with Crippen molar-refractivity contribution in [2.24, 2.45) is 69.5 Å². The molecule has 3 unspecified atom stereocenters. The van der Waals surface area contributed by atoms with Crippen LogP contribution in [0, 0.1) is 80.8 Å². The van der Waals surface area contributed by atoms with Crippen molar-refractivity contribution in [1.29, 1.82) is 5.26 Å². The number of nitriles is 1. The fourth-order valence-corrected chi connectivity index (χ4v) is 10.8. The molecule has 5 nitrogen and oxygen atoms in total. The molecule has 3 atom stereocenters. The van der Waals surface area contributed by atoms with Crippen molar-refractivity contribution in [1.82, 2.24) is 10.2 Å². The Morgan fingerprint density at radius 2 is 1.74 bits per heavy atom. The van der Waals surface area contributed by atoms with Crippen LogP contribution in [0.5, 0.6) is 0 Å². The zero-order valence-electron chi connectivity index (χ0n) is 15.8. The van der Waals surface area contributed by atoms with E-state index in [-0.39, 0.29) is 28.2 Å². The average molecular weight is 363 g/mol. The van der Waals surface area contributed by atoms with Gasteiger partial charge < -0.3 is 10.2 Å². The largest absolute Gasteiger partial charge is 0.354 e. The van der Waals surface area contributed by atoms with Crippen molar-refractivity contribution >= 4 is 11.8 Å². The lowest BCUT2D eigenvalue weighted by Gasteiger charge is -3.08. The van der Waals surface area contributed by atoms with Gasteiger partial charge in [0.05, 0.1) is 22.3 Å². The Morgan fingerprint density at radius 1 is 1.15 bits per heavy atom. The van der Waals surface area contributed by atoms with Crippen molar-refractivity contribution in [3.05, 3.63) is 0 Å². The van der Waals surface area contributed by atoms with E-state index < -0.39 is 0 Å². The van der Waals surface area contributed by atoms with E-state index in [1.807, 2.05) is 11.9 Å². The number of carbonyl (C=O) groups is 2. The normalized spacial score (nSPS) is 65.3. The molecule has 2 amide bonds. The lowest BCUT2D eigenvalue weighted by Crippen LogP contribution is -3.11. The van der Waals surface area contributed by atoms with E-state index >= 15 is 0 Å². The molecule has 0 heterocycles. The molecular weight excluding hydrogens is 338 g/mol. The van der Waals surface area contributed by atoms with Crippen LogP contribution >= 0.6 is 0 Å². The second-order valence-electron chi connectivity index (χ2n) is 11.4. The van der Waals surface area contributed by atoms with Gasteiger partial charge in [-0.3, -0.25) is 9.59 Å². The van der Waals surface area contributed by atoms with Crippen LogP contribution in [0.15, 0.2) is 0 Å². The summed E-state index contributed by atoms with van der Waals surface area (Å²) in [4.78, 5) is 28.0. The molecule has 10 aliphatic rings. The Balaban J connectivity index is 0.936. The molecule has 0 aromatic rings. The predicted octanol–water partition coefficient (Wildman–Crippen LogP) is 1.26. The summed E-state index contributed by atoms with van der Waals surface area (Å²) in [6, 6.07) is 2.64. The fraction of sp³-hybridized carbons (Fsp3) is 0.864. The fourth-order valence-electron chi connectivity index (χ4n) is 10.8. The van der Waals surface area contributed by atoms with E-state index in [0.717, 1.165) is 12.3 Å². The first-order valence-electron chi connectivity index (χ1n) is 10.9. The van der Waals surface area contributed by atoms with Crippen molar-refractivity contribution in [2.75, 3.05) is 13.6 Å². The quantitative estimate of drug-likeness (QED) is 0.799. The van der Waals surface area contributed by atoms with Gasteiger partial charge in [0.25, 0.3) is 0 Å². The molecular formula is C22H25N3O2. The summed E-state index contributed by atoms with van der Waals surface area (Å²) in [5, 5.41) is 12.7. The number of amides is 2. The molecule has 0 aromatic carbocycles. The minimum atomic E-state index is -0.0894. The van der Waals surface area contributed by atoms with Gasteiger partial charge in [-0.15, -0.1) is 0 Å². The van der Waals surface area contributed by atoms with Crippen molar-refractivity contribution in [3.63, 3.8) is 0 Å². The number of nitrogens with one attached hydrogen (secondary N) is 1. The number of carbonyl (C=O) groups excluding carboxylic acids is 2. The standard InChI is InChI=1S/C22H25N3O2/c1-8(25(2)19(27)20-5-9-3-10(20)11(20)4-9)6-24-18(26)22-15-12-16(22)14-17(22)13(15)21(12,14)7-23/h8-17H,3-6H2,1-2H3,(H,24,26). The van der Waals surface area contributed by atoms with E-state index in [0.29, 0.717) is 59.8 Å². The van der Waals surface area contributed by atoms with Gasteiger partial charge in [0.2, 0.25) is 11.8 Å². The van der Waals surface area contributed by atoms with Gasteiger partial charge in [-0.1, -0.05) is 0 Å². The lowest BCUT2D eigenvalue weighted by atomic mass is 8.92. The van der Waals surface area contributed by atoms with Crippen molar-refractivity contribution < 1.29 is 9.59 Å². The van der Waals surface area contributed by atoms with Gasteiger partial charge in [-0.2, -0.15) is 5.26 Å². The highest BCUT2D eigenvalue weighted by Crippen LogP contribution is 3.10. The number of hydrogen-bond donors (Lipinski definition) is 1. The molecule has 10 saturated carbocycles. The highest BCUT2D eigenvalue weighted by atomic mass is 16.2. The maximum Gasteiger partial charge on any atom is 0.229 e. The molecule has 0 aromatic heterocycles. The molecule has 10 rings (SSSR count). The Bertz CT molecular complexity index is 851. The number of rotatable bonds is 5. The van der Waals surface area contributed by atoms with Crippen LogP contribution in [0.3, 0.4) is 0 Å². The van der Waals surface area contributed by atoms with Gasteiger partial charge in [0.15, 0.2) is 0 Å². The molecule has 27 heavy (non-hydrogen) atoms. The molecule has 10 fully saturated rings. The summed E-state index contributed by atoms with van der Waals surface area (Å²) in [6.07, 6.45) is 3.66. The second kappa shape index (κ2) is 3.55. The van der Waals surface area contributed by atoms with Crippen LogP contribution in [0.1, 0.15) is 26.2 Å². The third-order valence-electron chi connectivity index (χ3n) is 11.7. The first-order chi connectivity index (χ1) is 13.0. The summed E-state index contributed by atoms with van der Waals surface area (Å²) < 4.78 is 0. The summed E-state index contributed by atoms with van der Waals surface area (Å²) in [5.41, 5.74) is -0.0844. The highest BCUT2D eigenvalue weighted by Gasteiger charge is 3.12. The Hall–Kier alpha value is -1.57. The van der Waals surface area contributed by atoms with Crippen molar-refractivity contribution in [3.8, 4) is 6.07 Å². The molecule has 0 aliphatic heterocycles. The highest BCUT2D eigenvalue weighted by molar-refractivity contribution is 5.93. The van der Waals surface area contributed by atoms with E-state index in [1.54, 1.807) is 0 Å². The molecule has 1 N–H and O–H groups in total. The average Bonchev–Trinajstić information content (AvgIpc) is 3.14. The zero-order chi connectivity index (χ0) is 18.2. The molecule has 10 aliphatic carbocycles. The van der Waals surface area contributed by atoms with Crippen LogP contribution in [-0.4, -0.2) is 36.3 Å². The Labute approximate surface area is 158 Å². The van der Waals surface area contributed by atoms with Gasteiger partial charge in [-0.25, -0.2) is 0 Å². The summed E-state index contributed by atoms with van der Waals surface area (Å²) in [7, 11) is 1.93. The summed E-state index contributed by atoms with van der Waals surface area (Å²) >= 11 is 0. The predicted molar refractivity (Wildman–Crippen MR) is 93.4 cm³/mol. The van der Waals surface area contributed by atoms with Gasteiger partial charge >= 0.3 is 0 Å². The maximum atomic E-state index is 13.1. The molecule has 4 bridgehead atoms. The minimum absolute atomic E-state index is 0.0129. The third-order valence-corrected chi connectivity index (χ3v) is 11.7. The molecule has 0 radical (unpaired) electrons. The van der Waals surface area contributed by atoms with E-state index in [2.05, 4.69) is 18.3 Å². The molecule has 140 valence electrons. The lowest BCUT2D eigenvalue weighted by molar-refractivity contribution is -0.624. The SMILES string of the molecule is CC(CNC(=O)C12C3C4C1C1C2C3C41C#N)N(C)C(=O)C12CC3CC1C2C3. The number of hydrogen-bond acceptors (Lipinski definition) is 3. The maximum absolute atomic E-state index is 13.1. The Kier molecular flexibility index (Phi) is 1.90. The monoisotopic (exact) mass is 363 g/mol. The van der Waals surface area contributed by atoms with Crippen LogP contribution in [0.25, 0.3) is 0 Å². The first kappa shape index (κ1) is 14.4. The van der Waals surface area contributed by atoms with E-state index in [4.69, 9.17) is 0 Å². The van der Waals surface area contributed by atoms with Gasteiger partial charge in [-0.05, 0) is 79.4 Å². The van der Waals surface area contributed by atoms with Gasteiger partial charge in [0, 0.05) is 19.6 Å². The van der Waals surface area contributed by atoms with Gasteiger partial charge in [0.1, 0.15) is 0 Å². The van der Waals surface area contributed by atoms with Crippen LogP contribution in [0.4, 0.5) is 0 Å². The topological polar surface area (TPSA) is 73.2 Å². The first-order valence-corrected chi connectivity index (χ1v) is 10.9. The second-order valence-corrected chi connectivity index (χ2v) is 11.4. The molecule has 0 saturated heterocycles. The summed E-state index contributed by atoms with van der Waals surface area (Å²) in [5.74, 6) is 5.91. The molecule has 5 heteroatoms. The third kappa shape index (κ3) is 0.955. The number of nitrogens with zero attached hydrogens (tertiary/aromatic N) is 2. The summed E-state index contributed by atoms with van der Waals surface area (Å²) in [6.45, 7) is 2.63. The number of likely N-dealkylation sites (N-methyl/N-ethyl adjacent to an activating group) is 1. The van der Waals surface area contributed by atoms with Crippen LogP contribution < -0.4 is 5.32 Å². The smallest absolute Gasteiger partial charge is 0.229 e.